The third-order valence-electron chi connectivity index (χ3n) is 1.51. The van der Waals surface area contributed by atoms with Crippen LogP contribution in [0.15, 0.2) is 24.3 Å². The second kappa shape index (κ2) is 4.53. The fourth-order valence-corrected chi connectivity index (χ4v) is 1.21. The van der Waals surface area contributed by atoms with Crippen molar-refractivity contribution in [3.63, 3.8) is 0 Å². The maximum atomic E-state index is 11.3. The van der Waals surface area contributed by atoms with Crippen molar-refractivity contribution < 1.29 is 4.79 Å². The highest BCUT2D eigenvalue weighted by atomic mass is 35.5. The number of hydrogen-bond acceptors (Lipinski definition) is 2. The number of halogens is 1. The summed E-state index contributed by atoms with van der Waals surface area (Å²) >= 11 is 9.65. The van der Waals surface area contributed by atoms with Gasteiger partial charge in [0.15, 0.2) is 5.78 Å². The Hall–Kier alpha value is -0.470. The molecule has 0 aliphatic rings. The lowest BCUT2D eigenvalue weighted by Crippen LogP contribution is -1.98. The Morgan fingerprint density at radius 3 is 2.42 bits per heavy atom. The summed E-state index contributed by atoms with van der Waals surface area (Å²) in [6.07, 6.45) is 0.477. The van der Waals surface area contributed by atoms with Crippen molar-refractivity contribution in [3.8, 4) is 0 Å². The van der Waals surface area contributed by atoms with Gasteiger partial charge < -0.3 is 0 Å². The van der Waals surface area contributed by atoms with Gasteiger partial charge >= 0.3 is 0 Å². The van der Waals surface area contributed by atoms with Gasteiger partial charge in [-0.25, -0.2) is 0 Å². The largest absolute Gasteiger partial charge is 0.294 e. The average Bonchev–Trinajstić information content (AvgIpc) is 2.06. The van der Waals surface area contributed by atoms with E-state index in [1.54, 1.807) is 24.3 Å². The van der Waals surface area contributed by atoms with Crippen LogP contribution < -0.4 is 0 Å². The van der Waals surface area contributed by atoms with Crippen molar-refractivity contribution in [1.82, 2.24) is 0 Å². The van der Waals surface area contributed by atoms with Crippen LogP contribution in [0.25, 0.3) is 0 Å². The lowest BCUT2D eigenvalue weighted by Gasteiger charge is -1.97. The Bertz CT molecular complexity index is 268. The van der Waals surface area contributed by atoms with E-state index < -0.39 is 0 Å². The molecule has 0 bridgehead atoms. The van der Waals surface area contributed by atoms with Crippen molar-refractivity contribution in [2.45, 2.75) is 6.42 Å². The zero-order valence-corrected chi connectivity index (χ0v) is 8.11. The summed E-state index contributed by atoms with van der Waals surface area (Å²) in [5.41, 5.74) is 0.702. The van der Waals surface area contributed by atoms with E-state index in [0.29, 0.717) is 22.8 Å². The lowest BCUT2D eigenvalue weighted by molar-refractivity contribution is 0.0989. The summed E-state index contributed by atoms with van der Waals surface area (Å²) < 4.78 is 0. The van der Waals surface area contributed by atoms with E-state index >= 15 is 0 Å². The molecule has 0 heterocycles. The van der Waals surface area contributed by atoms with E-state index in [0.717, 1.165) is 0 Å². The maximum absolute atomic E-state index is 11.3. The monoisotopic (exact) mass is 200 g/mol. The van der Waals surface area contributed by atoms with Crippen LogP contribution in [0.2, 0.25) is 5.02 Å². The first kappa shape index (κ1) is 9.62. The zero-order chi connectivity index (χ0) is 8.97. The number of Topliss-reactive ketones (excluding diaryl/α,β-unsaturated/α-hetero) is 1. The summed E-state index contributed by atoms with van der Waals surface area (Å²) in [7, 11) is 0. The molecule has 3 heteroatoms. The Kier molecular flexibility index (Phi) is 3.63. The van der Waals surface area contributed by atoms with Gasteiger partial charge in [-0.15, -0.1) is 0 Å². The van der Waals surface area contributed by atoms with E-state index in [9.17, 15) is 4.79 Å². The molecule has 1 aromatic rings. The number of carbonyl (C=O) groups excluding carboxylic acids is 1. The second-order valence-electron chi connectivity index (χ2n) is 2.40. The number of carbonyl (C=O) groups is 1. The normalized spacial score (nSPS) is 9.83. The van der Waals surface area contributed by atoms with Gasteiger partial charge in [0.05, 0.1) is 0 Å². The van der Waals surface area contributed by atoms with Gasteiger partial charge in [0.2, 0.25) is 0 Å². The molecule has 0 saturated heterocycles. The molecule has 64 valence electrons. The van der Waals surface area contributed by atoms with E-state index in [-0.39, 0.29) is 5.78 Å². The van der Waals surface area contributed by atoms with Crippen LogP contribution in [0.5, 0.6) is 0 Å². The Labute approximate surface area is 82.1 Å². The number of thiol groups is 1. The molecule has 12 heavy (non-hydrogen) atoms. The molecule has 0 aliphatic carbocycles. The van der Waals surface area contributed by atoms with Crippen LogP contribution in [0.1, 0.15) is 16.8 Å². The van der Waals surface area contributed by atoms with Crippen LogP contribution in [-0.2, 0) is 0 Å². The van der Waals surface area contributed by atoms with Crippen LogP contribution in [0.3, 0.4) is 0 Å². The van der Waals surface area contributed by atoms with Crippen LogP contribution in [0, 0.1) is 0 Å². The average molecular weight is 201 g/mol. The predicted octanol–water partition coefficient (Wildman–Crippen LogP) is 2.84. The first-order valence-electron chi connectivity index (χ1n) is 3.63. The topological polar surface area (TPSA) is 17.1 Å². The van der Waals surface area contributed by atoms with Gasteiger partial charge in [-0.05, 0) is 30.0 Å². The molecule has 0 aliphatic heterocycles. The summed E-state index contributed by atoms with van der Waals surface area (Å²) in [4.78, 5) is 11.3. The van der Waals surface area contributed by atoms with Crippen molar-refractivity contribution in [3.05, 3.63) is 34.9 Å². The molecule has 0 radical (unpaired) electrons. The highest BCUT2D eigenvalue weighted by molar-refractivity contribution is 7.80. The van der Waals surface area contributed by atoms with E-state index in [1.807, 2.05) is 0 Å². The van der Waals surface area contributed by atoms with Gasteiger partial charge in [-0.3, -0.25) is 4.79 Å². The highest BCUT2D eigenvalue weighted by Gasteiger charge is 2.02. The van der Waals surface area contributed by atoms with Gasteiger partial charge in [-0.1, -0.05) is 11.6 Å². The molecule has 0 amide bonds. The van der Waals surface area contributed by atoms with Crippen LogP contribution in [-0.4, -0.2) is 11.5 Å². The molecular formula is C9H9ClOS. The minimum atomic E-state index is 0.113. The highest BCUT2D eigenvalue weighted by Crippen LogP contribution is 2.11. The Balaban J connectivity index is 2.75. The first-order valence-corrected chi connectivity index (χ1v) is 4.64. The zero-order valence-electron chi connectivity index (χ0n) is 6.46. The third kappa shape index (κ3) is 2.54. The predicted molar refractivity (Wildman–Crippen MR) is 54.3 cm³/mol. The number of hydrogen-bond donors (Lipinski definition) is 1. The third-order valence-corrected chi connectivity index (χ3v) is 1.98. The van der Waals surface area contributed by atoms with Gasteiger partial charge in [0.25, 0.3) is 0 Å². The molecule has 0 aromatic heterocycles. The molecule has 1 nitrogen and oxygen atoms in total. The standard InChI is InChI=1S/C9H9ClOS/c10-8-3-1-7(2-4-8)9(11)5-6-12/h1-4,12H,5-6H2. The Morgan fingerprint density at radius 1 is 1.33 bits per heavy atom. The van der Waals surface area contributed by atoms with Crippen LogP contribution in [0.4, 0.5) is 0 Å². The summed E-state index contributed by atoms with van der Waals surface area (Å²) in [6, 6.07) is 6.89. The van der Waals surface area contributed by atoms with E-state index in [4.69, 9.17) is 11.6 Å². The fourth-order valence-electron chi connectivity index (χ4n) is 0.882. The molecule has 0 unspecified atom stereocenters. The van der Waals surface area contributed by atoms with Crippen molar-refractivity contribution in [2.24, 2.45) is 0 Å². The van der Waals surface area contributed by atoms with Crippen molar-refractivity contribution in [2.75, 3.05) is 5.75 Å². The quantitative estimate of drug-likeness (QED) is 0.587. The number of benzene rings is 1. The first-order chi connectivity index (χ1) is 5.74. The molecule has 1 rings (SSSR count). The van der Waals surface area contributed by atoms with E-state index in [2.05, 4.69) is 12.6 Å². The molecule has 0 atom stereocenters. The molecule has 0 N–H and O–H groups in total. The SMILES string of the molecule is O=C(CCS)c1ccc(Cl)cc1. The molecule has 0 saturated carbocycles. The number of rotatable bonds is 3. The Morgan fingerprint density at radius 2 is 1.92 bits per heavy atom. The molecule has 0 fully saturated rings. The van der Waals surface area contributed by atoms with Gasteiger partial charge in [0, 0.05) is 17.0 Å². The smallest absolute Gasteiger partial charge is 0.163 e. The second-order valence-corrected chi connectivity index (χ2v) is 3.29. The fraction of sp³-hybridized carbons (Fsp3) is 0.222. The minimum Gasteiger partial charge on any atom is -0.294 e. The minimum absolute atomic E-state index is 0.113. The summed E-state index contributed by atoms with van der Waals surface area (Å²) in [5.74, 6) is 0.697. The van der Waals surface area contributed by atoms with Crippen LogP contribution >= 0.6 is 24.2 Å². The lowest BCUT2D eigenvalue weighted by atomic mass is 10.1. The maximum Gasteiger partial charge on any atom is 0.163 e. The molecule has 0 spiro atoms. The van der Waals surface area contributed by atoms with Crippen molar-refractivity contribution >= 4 is 30.0 Å². The van der Waals surface area contributed by atoms with E-state index in [1.165, 1.54) is 0 Å². The molecular weight excluding hydrogens is 192 g/mol. The molecule has 1 aromatic carbocycles. The van der Waals surface area contributed by atoms with Gasteiger partial charge in [-0.2, -0.15) is 12.6 Å². The number of ketones is 1. The van der Waals surface area contributed by atoms with Crippen molar-refractivity contribution in [1.29, 1.82) is 0 Å². The summed E-state index contributed by atoms with van der Waals surface area (Å²) in [5, 5.41) is 0.650. The van der Waals surface area contributed by atoms with Gasteiger partial charge in [0.1, 0.15) is 0 Å². The summed E-state index contributed by atoms with van der Waals surface area (Å²) in [6.45, 7) is 0.